The fourth-order valence-corrected chi connectivity index (χ4v) is 3.02. The van der Waals surface area contributed by atoms with Gasteiger partial charge in [-0.05, 0) is 18.2 Å². The van der Waals surface area contributed by atoms with Gasteiger partial charge in [-0.3, -0.25) is 9.79 Å². The van der Waals surface area contributed by atoms with Crippen LogP contribution in [-0.2, 0) is 13.6 Å². The first-order valence-electron chi connectivity index (χ1n) is 8.65. The molecular formula is C18H22F2N6O. The molecule has 0 bridgehead atoms. The Hall–Kier alpha value is -2.97. The van der Waals surface area contributed by atoms with Gasteiger partial charge in [0.15, 0.2) is 11.8 Å². The summed E-state index contributed by atoms with van der Waals surface area (Å²) in [6.07, 6.45) is 3.23. The number of aliphatic imine (C=N–C) groups is 1. The molecule has 1 aliphatic rings. The summed E-state index contributed by atoms with van der Waals surface area (Å²) in [4.78, 5) is 24.6. The van der Waals surface area contributed by atoms with Gasteiger partial charge in [0.1, 0.15) is 11.6 Å². The first-order chi connectivity index (χ1) is 13.0. The molecule has 3 rings (SSSR count). The molecular weight excluding hydrogens is 354 g/mol. The van der Waals surface area contributed by atoms with Crippen molar-refractivity contribution in [1.82, 2.24) is 19.8 Å². The van der Waals surface area contributed by atoms with E-state index in [-0.39, 0.29) is 17.7 Å². The first-order valence-corrected chi connectivity index (χ1v) is 8.65. The molecule has 144 valence electrons. The molecule has 2 heterocycles. The average molecular weight is 376 g/mol. The molecule has 0 unspecified atom stereocenters. The molecule has 1 fully saturated rings. The smallest absolute Gasteiger partial charge is 0.293 e. The van der Waals surface area contributed by atoms with Crippen LogP contribution in [-0.4, -0.2) is 53.6 Å². The number of piperazine rings is 1. The summed E-state index contributed by atoms with van der Waals surface area (Å²) < 4.78 is 28.6. The lowest BCUT2D eigenvalue weighted by molar-refractivity contribution is 0.370. The van der Waals surface area contributed by atoms with E-state index < -0.39 is 11.6 Å². The molecule has 0 aliphatic carbocycles. The predicted octanol–water partition coefficient (Wildman–Crippen LogP) is 0.956. The van der Waals surface area contributed by atoms with Crippen LogP contribution in [0.1, 0.15) is 5.56 Å². The van der Waals surface area contributed by atoms with Crippen molar-refractivity contribution >= 4 is 11.8 Å². The van der Waals surface area contributed by atoms with Gasteiger partial charge in [0.2, 0.25) is 0 Å². The second kappa shape index (κ2) is 8.15. The number of rotatable bonds is 3. The van der Waals surface area contributed by atoms with Gasteiger partial charge in [-0.15, -0.1) is 0 Å². The summed E-state index contributed by atoms with van der Waals surface area (Å²) in [6, 6.07) is 3.38. The van der Waals surface area contributed by atoms with Crippen molar-refractivity contribution in [2.24, 2.45) is 12.0 Å². The fourth-order valence-electron chi connectivity index (χ4n) is 3.02. The third-order valence-corrected chi connectivity index (χ3v) is 4.53. The van der Waals surface area contributed by atoms with Crippen molar-refractivity contribution in [3.63, 3.8) is 0 Å². The van der Waals surface area contributed by atoms with Gasteiger partial charge >= 0.3 is 0 Å². The van der Waals surface area contributed by atoms with E-state index in [1.54, 1.807) is 26.5 Å². The van der Waals surface area contributed by atoms with Crippen LogP contribution >= 0.6 is 0 Å². The van der Waals surface area contributed by atoms with E-state index in [1.165, 1.54) is 10.6 Å². The van der Waals surface area contributed by atoms with Crippen LogP contribution in [0.4, 0.5) is 14.6 Å². The largest absolute Gasteiger partial charge is 0.352 e. The molecule has 0 amide bonds. The summed E-state index contributed by atoms with van der Waals surface area (Å²) in [6.45, 7) is 2.62. The summed E-state index contributed by atoms with van der Waals surface area (Å²) in [5.74, 6) is 0.0978. The molecule has 0 saturated carbocycles. The maximum atomic E-state index is 13.8. The third kappa shape index (κ3) is 4.24. The predicted molar refractivity (Wildman–Crippen MR) is 99.8 cm³/mol. The van der Waals surface area contributed by atoms with Crippen LogP contribution in [0.15, 0.2) is 40.4 Å². The number of hydrogen-bond donors (Lipinski definition) is 1. The number of benzene rings is 1. The number of anilines is 1. The van der Waals surface area contributed by atoms with Crippen molar-refractivity contribution in [3.05, 3.63) is 58.1 Å². The Kier molecular flexibility index (Phi) is 5.68. The van der Waals surface area contributed by atoms with Crippen molar-refractivity contribution in [2.75, 3.05) is 38.1 Å². The molecule has 1 aliphatic heterocycles. The van der Waals surface area contributed by atoms with Crippen molar-refractivity contribution < 1.29 is 8.78 Å². The van der Waals surface area contributed by atoms with Crippen LogP contribution in [0.5, 0.6) is 0 Å². The number of nitrogens with zero attached hydrogens (tertiary/aromatic N) is 5. The topological polar surface area (TPSA) is 65.8 Å². The normalized spacial score (nSPS) is 15.2. The molecule has 0 radical (unpaired) electrons. The van der Waals surface area contributed by atoms with Gasteiger partial charge in [0, 0.05) is 64.8 Å². The highest BCUT2D eigenvalue weighted by atomic mass is 19.1. The van der Waals surface area contributed by atoms with E-state index in [2.05, 4.69) is 15.3 Å². The van der Waals surface area contributed by atoms with Crippen molar-refractivity contribution in [1.29, 1.82) is 0 Å². The molecule has 1 saturated heterocycles. The van der Waals surface area contributed by atoms with Gasteiger partial charge in [0.25, 0.3) is 5.56 Å². The van der Waals surface area contributed by atoms with Crippen LogP contribution in [0.2, 0.25) is 0 Å². The molecule has 1 N–H and O–H groups in total. The van der Waals surface area contributed by atoms with Gasteiger partial charge in [-0.25, -0.2) is 13.8 Å². The monoisotopic (exact) mass is 376 g/mol. The highest BCUT2D eigenvalue weighted by Crippen LogP contribution is 2.11. The Bertz CT molecular complexity index is 890. The lowest BCUT2D eigenvalue weighted by atomic mass is 10.2. The van der Waals surface area contributed by atoms with E-state index in [0.717, 1.165) is 12.1 Å². The SMILES string of the molecule is CN=C(NCc1cc(F)ccc1F)N1CCN(c2nccn(C)c2=O)CC1. The van der Waals surface area contributed by atoms with Gasteiger partial charge in [-0.1, -0.05) is 0 Å². The zero-order valence-electron chi connectivity index (χ0n) is 15.3. The Morgan fingerprint density at radius 2 is 2.00 bits per heavy atom. The second-order valence-corrected chi connectivity index (χ2v) is 6.28. The highest BCUT2D eigenvalue weighted by molar-refractivity contribution is 5.80. The van der Waals surface area contributed by atoms with Crippen LogP contribution in [0.3, 0.4) is 0 Å². The minimum absolute atomic E-state index is 0.130. The van der Waals surface area contributed by atoms with E-state index in [0.29, 0.717) is 38.0 Å². The minimum atomic E-state index is -0.478. The Balaban J connectivity index is 1.61. The van der Waals surface area contributed by atoms with Crippen LogP contribution < -0.4 is 15.8 Å². The number of halogens is 2. The summed E-state index contributed by atoms with van der Waals surface area (Å²) in [5.41, 5.74) is 0.113. The molecule has 27 heavy (non-hydrogen) atoms. The maximum Gasteiger partial charge on any atom is 0.293 e. The molecule has 7 nitrogen and oxygen atoms in total. The summed E-state index contributed by atoms with van der Waals surface area (Å²) in [7, 11) is 3.34. The van der Waals surface area contributed by atoms with E-state index >= 15 is 0 Å². The van der Waals surface area contributed by atoms with E-state index in [4.69, 9.17) is 0 Å². The number of aryl methyl sites for hydroxylation is 1. The molecule has 1 aromatic heterocycles. The highest BCUT2D eigenvalue weighted by Gasteiger charge is 2.22. The summed E-state index contributed by atoms with van der Waals surface area (Å²) >= 11 is 0. The molecule has 1 aromatic carbocycles. The maximum absolute atomic E-state index is 13.8. The molecule has 0 atom stereocenters. The first kappa shape index (κ1) is 18.8. The molecule has 2 aromatic rings. The zero-order chi connectivity index (χ0) is 19.4. The lowest BCUT2D eigenvalue weighted by Crippen LogP contribution is -2.53. The van der Waals surface area contributed by atoms with Crippen LogP contribution in [0.25, 0.3) is 0 Å². The number of guanidine groups is 1. The van der Waals surface area contributed by atoms with Crippen LogP contribution in [0, 0.1) is 11.6 Å². The van der Waals surface area contributed by atoms with Gasteiger partial charge in [0.05, 0.1) is 0 Å². The quantitative estimate of drug-likeness (QED) is 0.639. The summed E-state index contributed by atoms with van der Waals surface area (Å²) in [5, 5.41) is 3.07. The Labute approximate surface area is 156 Å². The third-order valence-electron chi connectivity index (χ3n) is 4.53. The van der Waals surface area contributed by atoms with Crippen molar-refractivity contribution in [2.45, 2.75) is 6.54 Å². The number of hydrogen-bond acceptors (Lipinski definition) is 4. The Morgan fingerprint density at radius 3 is 2.70 bits per heavy atom. The average Bonchev–Trinajstić information content (AvgIpc) is 2.67. The number of aromatic nitrogens is 2. The lowest BCUT2D eigenvalue weighted by Gasteiger charge is -2.36. The Morgan fingerprint density at radius 1 is 1.26 bits per heavy atom. The standard InChI is InChI=1S/C18H22F2N6O/c1-21-18(23-12-13-11-14(19)3-4-15(13)20)26-9-7-25(8-10-26)16-17(27)24(2)6-5-22-16/h3-6,11H,7-10,12H2,1-2H3,(H,21,23). The molecule has 9 heteroatoms. The van der Waals surface area contributed by atoms with Gasteiger partial charge in [-0.2, -0.15) is 0 Å². The minimum Gasteiger partial charge on any atom is -0.352 e. The number of nitrogens with one attached hydrogen (secondary N) is 1. The second-order valence-electron chi connectivity index (χ2n) is 6.28. The molecule has 0 spiro atoms. The van der Waals surface area contributed by atoms with E-state index in [1.807, 2.05) is 9.80 Å². The zero-order valence-corrected chi connectivity index (χ0v) is 15.3. The van der Waals surface area contributed by atoms with Gasteiger partial charge < -0.3 is 19.7 Å². The van der Waals surface area contributed by atoms with Crippen molar-refractivity contribution in [3.8, 4) is 0 Å². The fraction of sp³-hybridized carbons (Fsp3) is 0.389. The van der Waals surface area contributed by atoms with E-state index in [9.17, 15) is 13.6 Å².